The highest BCUT2D eigenvalue weighted by molar-refractivity contribution is 7.09. The minimum Gasteiger partial charge on any atom is -0.497 e. The lowest BCUT2D eigenvalue weighted by Crippen LogP contribution is -2.37. The Morgan fingerprint density at radius 3 is 2.71 bits per heavy atom. The molecule has 6 nitrogen and oxygen atoms in total. The fourth-order valence-corrected chi connectivity index (χ4v) is 2.88. The summed E-state index contributed by atoms with van der Waals surface area (Å²) in [6, 6.07) is 5.77. The predicted molar refractivity (Wildman–Crippen MR) is 98.3 cm³/mol. The lowest BCUT2D eigenvalue weighted by molar-refractivity contribution is 0.390. The molecule has 7 heteroatoms. The fourth-order valence-electron chi connectivity index (χ4n) is 2.23. The van der Waals surface area contributed by atoms with Crippen molar-refractivity contribution in [3.8, 4) is 11.5 Å². The van der Waals surface area contributed by atoms with Crippen LogP contribution < -0.4 is 20.1 Å². The molecule has 0 atom stereocenters. The van der Waals surface area contributed by atoms with Crippen LogP contribution in [-0.2, 0) is 13.0 Å². The number of hydrogen-bond acceptors (Lipinski definition) is 5. The molecule has 0 saturated heterocycles. The third kappa shape index (κ3) is 5.13. The van der Waals surface area contributed by atoms with E-state index in [-0.39, 0.29) is 0 Å². The van der Waals surface area contributed by atoms with Gasteiger partial charge in [-0.25, -0.2) is 4.98 Å². The number of thiazole rings is 1. The predicted octanol–water partition coefficient (Wildman–Crippen LogP) is 2.38. The summed E-state index contributed by atoms with van der Waals surface area (Å²) in [4.78, 5) is 8.70. The average Bonchev–Trinajstić information content (AvgIpc) is 3.03. The largest absolute Gasteiger partial charge is 0.497 e. The van der Waals surface area contributed by atoms with E-state index >= 15 is 0 Å². The molecule has 0 radical (unpaired) electrons. The molecule has 0 amide bonds. The lowest BCUT2D eigenvalue weighted by atomic mass is 10.2. The number of methoxy groups -OCH3 is 2. The molecule has 0 aliphatic carbocycles. The molecule has 1 aromatic heterocycles. The van der Waals surface area contributed by atoms with Gasteiger partial charge in [-0.1, -0.05) is 0 Å². The molecule has 0 fully saturated rings. The maximum atomic E-state index is 5.41. The van der Waals surface area contributed by atoms with Crippen LogP contribution in [-0.4, -0.2) is 38.8 Å². The van der Waals surface area contributed by atoms with E-state index in [2.05, 4.69) is 26.0 Å². The van der Waals surface area contributed by atoms with Gasteiger partial charge in [0.15, 0.2) is 5.96 Å². The van der Waals surface area contributed by atoms with E-state index in [0.29, 0.717) is 6.54 Å². The zero-order valence-electron chi connectivity index (χ0n) is 14.5. The van der Waals surface area contributed by atoms with Crippen molar-refractivity contribution < 1.29 is 9.47 Å². The third-order valence-corrected chi connectivity index (χ3v) is 4.33. The first kappa shape index (κ1) is 18.1. The summed E-state index contributed by atoms with van der Waals surface area (Å²) in [7, 11) is 5.05. The third-order valence-electron chi connectivity index (χ3n) is 3.50. The van der Waals surface area contributed by atoms with Gasteiger partial charge in [-0.05, 0) is 19.1 Å². The number of rotatable bonds is 7. The zero-order valence-corrected chi connectivity index (χ0v) is 15.4. The van der Waals surface area contributed by atoms with Crippen LogP contribution in [0.4, 0.5) is 0 Å². The molecule has 2 rings (SSSR count). The Hall–Kier alpha value is -2.28. The summed E-state index contributed by atoms with van der Waals surface area (Å²) in [5, 5.41) is 9.77. The van der Waals surface area contributed by atoms with Crippen LogP contribution in [0.2, 0.25) is 0 Å². The van der Waals surface area contributed by atoms with E-state index in [4.69, 9.17) is 9.47 Å². The Bertz CT molecular complexity index is 685. The number of nitrogens with one attached hydrogen (secondary N) is 2. The molecule has 2 N–H and O–H groups in total. The Kier molecular flexibility index (Phi) is 6.87. The number of aromatic nitrogens is 1. The van der Waals surface area contributed by atoms with Crippen LogP contribution in [0, 0.1) is 6.92 Å². The van der Waals surface area contributed by atoms with Crippen LogP contribution in [0.3, 0.4) is 0 Å². The van der Waals surface area contributed by atoms with Crippen LogP contribution in [0.15, 0.2) is 28.6 Å². The summed E-state index contributed by atoms with van der Waals surface area (Å²) in [5.41, 5.74) is 2.15. The number of ether oxygens (including phenoxy) is 2. The van der Waals surface area contributed by atoms with Gasteiger partial charge in [-0.3, -0.25) is 4.99 Å². The standard InChI is InChI=1S/C17H24N4O2S/c1-12-21-14(11-24-12)7-8-19-17(18-2)20-10-13-5-6-15(22-3)9-16(13)23-4/h5-6,9,11H,7-8,10H2,1-4H3,(H2,18,19,20). The van der Waals surface area contributed by atoms with E-state index in [9.17, 15) is 0 Å². The monoisotopic (exact) mass is 348 g/mol. The number of aryl methyl sites for hydroxylation is 1. The Morgan fingerprint density at radius 2 is 2.08 bits per heavy atom. The normalized spacial score (nSPS) is 11.2. The van der Waals surface area contributed by atoms with Gasteiger partial charge in [-0.15, -0.1) is 11.3 Å². The molecule has 0 aliphatic heterocycles. The summed E-state index contributed by atoms with van der Waals surface area (Å²) in [6.07, 6.45) is 0.872. The number of nitrogens with zero attached hydrogens (tertiary/aromatic N) is 2. The Labute approximate surface area is 146 Å². The summed E-state index contributed by atoms with van der Waals surface area (Å²) >= 11 is 1.67. The molecular weight excluding hydrogens is 324 g/mol. The Morgan fingerprint density at radius 1 is 1.25 bits per heavy atom. The Balaban J connectivity index is 1.85. The topological polar surface area (TPSA) is 67.8 Å². The second kappa shape index (κ2) is 9.12. The number of guanidine groups is 1. The maximum absolute atomic E-state index is 5.41. The number of benzene rings is 1. The SMILES string of the molecule is CN=C(NCCc1csc(C)n1)NCc1ccc(OC)cc1OC. The van der Waals surface area contributed by atoms with Gasteiger partial charge in [0.25, 0.3) is 0 Å². The first-order chi connectivity index (χ1) is 11.7. The summed E-state index contributed by atoms with van der Waals surface area (Å²) in [5.74, 6) is 2.31. The average molecular weight is 348 g/mol. The highest BCUT2D eigenvalue weighted by atomic mass is 32.1. The van der Waals surface area contributed by atoms with Crippen molar-refractivity contribution >= 4 is 17.3 Å². The van der Waals surface area contributed by atoms with Crippen molar-refractivity contribution in [2.45, 2.75) is 19.9 Å². The maximum Gasteiger partial charge on any atom is 0.191 e. The van der Waals surface area contributed by atoms with Crippen molar-refractivity contribution in [3.63, 3.8) is 0 Å². The van der Waals surface area contributed by atoms with Gasteiger partial charge >= 0.3 is 0 Å². The van der Waals surface area contributed by atoms with Crippen LogP contribution in [0.25, 0.3) is 0 Å². The van der Waals surface area contributed by atoms with Crippen LogP contribution >= 0.6 is 11.3 Å². The molecule has 0 aliphatic rings. The van der Waals surface area contributed by atoms with Crippen LogP contribution in [0.5, 0.6) is 11.5 Å². The van der Waals surface area contributed by atoms with E-state index < -0.39 is 0 Å². The van der Waals surface area contributed by atoms with Crippen molar-refractivity contribution in [3.05, 3.63) is 39.8 Å². The molecule has 0 unspecified atom stereocenters. The van der Waals surface area contributed by atoms with Crippen molar-refractivity contribution in [2.24, 2.45) is 4.99 Å². The molecule has 0 saturated carbocycles. The molecule has 0 bridgehead atoms. The first-order valence-electron chi connectivity index (χ1n) is 7.72. The fraction of sp³-hybridized carbons (Fsp3) is 0.412. The van der Waals surface area contributed by atoms with E-state index in [1.807, 2.05) is 25.1 Å². The number of aliphatic imine (C=N–C) groups is 1. The number of hydrogen-bond donors (Lipinski definition) is 2. The zero-order chi connectivity index (χ0) is 17.4. The van der Waals surface area contributed by atoms with Crippen LogP contribution in [0.1, 0.15) is 16.3 Å². The van der Waals surface area contributed by atoms with Crippen molar-refractivity contribution in [2.75, 3.05) is 27.8 Å². The second-order valence-corrected chi connectivity index (χ2v) is 6.20. The van der Waals surface area contributed by atoms with Gasteiger partial charge in [-0.2, -0.15) is 0 Å². The lowest BCUT2D eigenvalue weighted by Gasteiger charge is -2.14. The van der Waals surface area contributed by atoms with Gasteiger partial charge in [0.2, 0.25) is 0 Å². The molecule has 130 valence electrons. The second-order valence-electron chi connectivity index (χ2n) is 5.14. The van der Waals surface area contributed by atoms with E-state index in [1.54, 1.807) is 32.6 Å². The quantitative estimate of drug-likeness (QED) is 0.594. The summed E-state index contributed by atoms with van der Waals surface area (Å²) < 4.78 is 10.6. The van der Waals surface area contributed by atoms with Crippen molar-refractivity contribution in [1.82, 2.24) is 15.6 Å². The molecule has 2 aromatic rings. The minimum atomic E-state index is 0.614. The van der Waals surface area contributed by atoms with Gasteiger partial charge < -0.3 is 20.1 Å². The molecule has 0 spiro atoms. The highest BCUT2D eigenvalue weighted by Gasteiger charge is 2.06. The molecule has 1 heterocycles. The summed E-state index contributed by atoms with van der Waals surface area (Å²) in [6.45, 7) is 3.41. The van der Waals surface area contributed by atoms with E-state index in [0.717, 1.165) is 46.7 Å². The van der Waals surface area contributed by atoms with E-state index in [1.165, 1.54) is 0 Å². The highest BCUT2D eigenvalue weighted by Crippen LogP contribution is 2.24. The first-order valence-corrected chi connectivity index (χ1v) is 8.60. The minimum absolute atomic E-state index is 0.614. The van der Waals surface area contributed by atoms with Gasteiger partial charge in [0, 0.05) is 43.6 Å². The van der Waals surface area contributed by atoms with Gasteiger partial charge in [0.05, 0.1) is 24.9 Å². The smallest absolute Gasteiger partial charge is 0.191 e. The molecule has 1 aromatic carbocycles. The molecule has 24 heavy (non-hydrogen) atoms. The molecular formula is C17H24N4O2S. The van der Waals surface area contributed by atoms with Gasteiger partial charge in [0.1, 0.15) is 11.5 Å². The van der Waals surface area contributed by atoms with Crippen molar-refractivity contribution in [1.29, 1.82) is 0 Å².